The van der Waals surface area contributed by atoms with Crippen LogP contribution in [0.4, 0.5) is 0 Å². The summed E-state index contributed by atoms with van der Waals surface area (Å²) in [5, 5.41) is 15.2. The Balaban J connectivity index is 1.96. The first-order chi connectivity index (χ1) is 7.62. The molecule has 2 fully saturated rings. The second kappa shape index (κ2) is 4.41. The fraction of sp³-hybridized carbons (Fsp3) is 0.818. The van der Waals surface area contributed by atoms with Gasteiger partial charge in [-0.1, -0.05) is 0 Å². The van der Waals surface area contributed by atoms with Crippen molar-refractivity contribution in [2.24, 2.45) is 0 Å². The van der Waals surface area contributed by atoms with Gasteiger partial charge in [0.1, 0.15) is 5.54 Å². The van der Waals surface area contributed by atoms with E-state index >= 15 is 0 Å². The minimum Gasteiger partial charge on any atom is -0.480 e. The average Bonchev–Trinajstić information content (AvgIpc) is 2.35. The molecule has 1 atom stereocenters. The van der Waals surface area contributed by atoms with E-state index in [9.17, 15) is 14.7 Å². The number of carboxylic acids is 1. The number of hydrogen-bond donors (Lipinski definition) is 3. The Labute approximate surface area is 94.6 Å². The highest BCUT2D eigenvalue weighted by molar-refractivity contribution is 5.80. The summed E-state index contributed by atoms with van der Waals surface area (Å²) in [7, 11) is 0. The number of hydrogen-bond acceptors (Lipinski definition) is 3. The molecule has 90 valence electrons. The molecule has 5 nitrogen and oxygen atoms in total. The Bertz CT molecular complexity index is 300. The summed E-state index contributed by atoms with van der Waals surface area (Å²) in [6, 6.07) is 0.0129. The standard InChI is InChI=1S/C11H18N2O3/c14-9-7-8(3-1-6-12-9)13-11(10(15)16)4-2-5-11/h8,13H,1-7H2,(H,12,14)(H,15,16). The van der Waals surface area contributed by atoms with Gasteiger partial charge in [-0.2, -0.15) is 0 Å². The monoisotopic (exact) mass is 226 g/mol. The van der Waals surface area contributed by atoms with Crippen molar-refractivity contribution in [2.45, 2.75) is 50.1 Å². The minimum absolute atomic E-state index is 0.0129. The van der Waals surface area contributed by atoms with Crippen molar-refractivity contribution in [3.05, 3.63) is 0 Å². The number of carboxylic acid groups (broad SMARTS) is 1. The maximum absolute atomic E-state index is 11.4. The van der Waals surface area contributed by atoms with Crippen LogP contribution in [0.3, 0.4) is 0 Å². The average molecular weight is 226 g/mol. The molecule has 0 spiro atoms. The summed E-state index contributed by atoms with van der Waals surface area (Å²) in [6.07, 6.45) is 4.50. The molecule has 5 heteroatoms. The summed E-state index contributed by atoms with van der Waals surface area (Å²) >= 11 is 0. The Morgan fingerprint density at radius 1 is 1.44 bits per heavy atom. The number of amides is 1. The topological polar surface area (TPSA) is 78.4 Å². The van der Waals surface area contributed by atoms with Crippen LogP contribution < -0.4 is 10.6 Å². The Morgan fingerprint density at radius 3 is 2.75 bits per heavy atom. The first kappa shape index (κ1) is 11.4. The third-order valence-electron chi connectivity index (χ3n) is 3.58. The minimum atomic E-state index is -0.775. The summed E-state index contributed by atoms with van der Waals surface area (Å²) in [6.45, 7) is 0.705. The van der Waals surface area contributed by atoms with Crippen molar-refractivity contribution in [1.29, 1.82) is 0 Å². The van der Waals surface area contributed by atoms with Gasteiger partial charge >= 0.3 is 5.97 Å². The van der Waals surface area contributed by atoms with E-state index in [2.05, 4.69) is 10.6 Å². The Morgan fingerprint density at radius 2 is 2.19 bits per heavy atom. The van der Waals surface area contributed by atoms with Crippen LogP contribution >= 0.6 is 0 Å². The van der Waals surface area contributed by atoms with Gasteiger partial charge in [0.25, 0.3) is 0 Å². The van der Waals surface area contributed by atoms with Gasteiger partial charge in [0.05, 0.1) is 0 Å². The third kappa shape index (κ3) is 2.19. The highest BCUT2D eigenvalue weighted by Crippen LogP contribution is 2.33. The van der Waals surface area contributed by atoms with Gasteiger partial charge in [0.2, 0.25) is 5.91 Å². The molecule has 0 aromatic heterocycles. The SMILES string of the molecule is O=C1CC(NC2(C(=O)O)CCC2)CCCN1. The lowest BCUT2D eigenvalue weighted by atomic mass is 9.76. The molecular formula is C11H18N2O3. The van der Waals surface area contributed by atoms with Gasteiger partial charge < -0.3 is 10.4 Å². The van der Waals surface area contributed by atoms with Crippen LogP contribution in [-0.2, 0) is 9.59 Å². The van der Waals surface area contributed by atoms with Gasteiger partial charge in [-0.15, -0.1) is 0 Å². The largest absolute Gasteiger partial charge is 0.480 e. The van der Waals surface area contributed by atoms with E-state index in [1.165, 1.54) is 0 Å². The van der Waals surface area contributed by atoms with Crippen LogP contribution in [-0.4, -0.2) is 35.1 Å². The van der Waals surface area contributed by atoms with Gasteiger partial charge in [0.15, 0.2) is 0 Å². The Hall–Kier alpha value is -1.10. The van der Waals surface area contributed by atoms with Crippen LogP contribution in [0, 0.1) is 0 Å². The molecule has 1 unspecified atom stereocenters. The molecule has 1 aliphatic carbocycles. The van der Waals surface area contributed by atoms with Crippen molar-refractivity contribution in [2.75, 3.05) is 6.54 Å². The second-order valence-electron chi connectivity index (χ2n) is 4.78. The highest BCUT2D eigenvalue weighted by atomic mass is 16.4. The summed E-state index contributed by atoms with van der Waals surface area (Å²) in [5.74, 6) is -0.752. The molecular weight excluding hydrogens is 208 g/mol. The van der Waals surface area contributed by atoms with Crippen molar-refractivity contribution >= 4 is 11.9 Å². The predicted octanol–water partition coefficient (Wildman–Crippen LogP) is 0.252. The van der Waals surface area contributed by atoms with Crippen molar-refractivity contribution in [1.82, 2.24) is 10.6 Å². The molecule has 1 aliphatic heterocycles. The molecule has 3 N–H and O–H groups in total. The smallest absolute Gasteiger partial charge is 0.323 e. The van der Waals surface area contributed by atoms with Gasteiger partial charge in [-0.25, -0.2) is 0 Å². The molecule has 1 saturated carbocycles. The molecule has 2 aliphatic rings. The number of aliphatic carboxylic acids is 1. The maximum Gasteiger partial charge on any atom is 0.323 e. The van der Waals surface area contributed by atoms with Gasteiger partial charge in [0, 0.05) is 19.0 Å². The van der Waals surface area contributed by atoms with E-state index < -0.39 is 11.5 Å². The lowest BCUT2D eigenvalue weighted by Gasteiger charge is -2.41. The van der Waals surface area contributed by atoms with Crippen molar-refractivity contribution in [3.8, 4) is 0 Å². The van der Waals surface area contributed by atoms with E-state index in [1.807, 2.05) is 0 Å². The second-order valence-corrected chi connectivity index (χ2v) is 4.78. The third-order valence-corrected chi connectivity index (χ3v) is 3.58. The fourth-order valence-corrected chi connectivity index (χ4v) is 2.44. The van der Waals surface area contributed by atoms with Gasteiger partial charge in [-0.3, -0.25) is 14.9 Å². The summed E-state index contributed by atoms with van der Waals surface area (Å²) in [5.41, 5.74) is -0.755. The maximum atomic E-state index is 11.4. The van der Waals surface area contributed by atoms with E-state index in [0.29, 0.717) is 25.8 Å². The van der Waals surface area contributed by atoms with Gasteiger partial charge in [-0.05, 0) is 32.1 Å². The van der Waals surface area contributed by atoms with Crippen LogP contribution in [0.15, 0.2) is 0 Å². The normalized spacial score (nSPS) is 28.8. The van der Waals surface area contributed by atoms with E-state index in [-0.39, 0.29) is 11.9 Å². The molecule has 0 radical (unpaired) electrons. The predicted molar refractivity (Wildman–Crippen MR) is 58.0 cm³/mol. The fourth-order valence-electron chi connectivity index (χ4n) is 2.44. The summed E-state index contributed by atoms with van der Waals surface area (Å²) < 4.78 is 0. The number of carbonyl (C=O) groups excluding carboxylic acids is 1. The van der Waals surface area contributed by atoms with Crippen LogP contribution in [0.25, 0.3) is 0 Å². The van der Waals surface area contributed by atoms with E-state index in [0.717, 1.165) is 19.3 Å². The molecule has 1 amide bonds. The zero-order chi connectivity index (χ0) is 11.6. The lowest BCUT2D eigenvalue weighted by Crippen LogP contribution is -2.60. The summed E-state index contributed by atoms with van der Waals surface area (Å²) in [4.78, 5) is 22.5. The van der Waals surface area contributed by atoms with Crippen molar-refractivity contribution in [3.63, 3.8) is 0 Å². The lowest BCUT2D eigenvalue weighted by molar-refractivity contribution is -0.149. The van der Waals surface area contributed by atoms with E-state index in [4.69, 9.17) is 0 Å². The molecule has 0 aromatic rings. The molecule has 0 bridgehead atoms. The number of rotatable bonds is 3. The zero-order valence-corrected chi connectivity index (χ0v) is 9.29. The molecule has 2 rings (SSSR count). The quantitative estimate of drug-likeness (QED) is 0.644. The number of nitrogens with one attached hydrogen (secondary N) is 2. The molecule has 16 heavy (non-hydrogen) atoms. The first-order valence-corrected chi connectivity index (χ1v) is 5.90. The van der Waals surface area contributed by atoms with Crippen LogP contribution in [0.1, 0.15) is 38.5 Å². The highest BCUT2D eigenvalue weighted by Gasteiger charge is 2.45. The van der Waals surface area contributed by atoms with Crippen LogP contribution in [0.2, 0.25) is 0 Å². The Kier molecular flexibility index (Phi) is 3.14. The molecule has 1 heterocycles. The van der Waals surface area contributed by atoms with E-state index in [1.54, 1.807) is 0 Å². The first-order valence-electron chi connectivity index (χ1n) is 5.90. The van der Waals surface area contributed by atoms with Crippen LogP contribution in [0.5, 0.6) is 0 Å². The number of carbonyl (C=O) groups is 2. The molecule has 1 saturated heterocycles. The van der Waals surface area contributed by atoms with Crippen molar-refractivity contribution < 1.29 is 14.7 Å². The molecule has 0 aromatic carbocycles. The zero-order valence-electron chi connectivity index (χ0n) is 9.29.